The molecule has 150 valence electrons. The molecule has 4 unspecified atom stereocenters. The van der Waals surface area contributed by atoms with E-state index < -0.39 is 12.3 Å². The van der Waals surface area contributed by atoms with Crippen LogP contribution in [0.15, 0.2) is 47.1 Å². The highest BCUT2D eigenvalue weighted by Gasteiger charge is 2.44. The molecule has 2 nitrogen and oxygen atoms in total. The molecule has 2 saturated carbocycles. The number of fused-ring (bicyclic) bond motifs is 1. The molecule has 0 aromatic carbocycles. The third kappa shape index (κ3) is 4.46. The number of hydrogen-bond acceptors (Lipinski definition) is 2. The van der Waals surface area contributed by atoms with Crippen LogP contribution in [0.4, 0.5) is 4.39 Å². The van der Waals surface area contributed by atoms with Gasteiger partial charge in [0.2, 0.25) is 0 Å². The first-order chi connectivity index (χ1) is 13.0. The molecule has 2 fully saturated rings. The van der Waals surface area contributed by atoms with E-state index in [4.69, 9.17) is 5.11 Å². The van der Waals surface area contributed by atoms with Gasteiger partial charge in [-0.1, -0.05) is 49.3 Å². The topological polar surface area (TPSA) is 40.5 Å². The average molecular weight is 375 g/mol. The highest BCUT2D eigenvalue weighted by molar-refractivity contribution is 5.40. The molecule has 0 aromatic heterocycles. The maximum Gasteiger partial charge on any atom is 0.127 e. The maximum absolute atomic E-state index is 14.0. The highest BCUT2D eigenvalue weighted by atomic mass is 19.1. The Morgan fingerprint density at radius 1 is 1.30 bits per heavy atom. The Kier molecular flexibility index (Phi) is 6.75. The molecule has 0 radical (unpaired) electrons. The van der Waals surface area contributed by atoms with Gasteiger partial charge in [0.25, 0.3) is 0 Å². The van der Waals surface area contributed by atoms with E-state index in [1.165, 1.54) is 18.4 Å². The van der Waals surface area contributed by atoms with Crippen LogP contribution in [0.25, 0.3) is 0 Å². The second-order valence-electron chi connectivity index (χ2n) is 8.84. The highest BCUT2D eigenvalue weighted by Crippen LogP contribution is 2.55. The van der Waals surface area contributed by atoms with Crippen molar-refractivity contribution in [3.05, 3.63) is 47.1 Å². The van der Waals surface area contributed by atoms with Gasteiger partial charge >= 0.3 is 0 Å². The van der Waals surface area contributed by atoms with Crippen LogP contribution >= 0.6 is 0 Å². The second kappa shape index (κ2) is 8.87. The molecule has 0 amide bonds. The molecule has 0 saturated heterocycles. The minimum absolute atomic E-state index is 0.178. The van der Waals surface area contributed by atoms with Crippen molar-refractivity contribution in [2.75, 3.05) is 6.61 Å². The van der Waals surface area contributed by atoms with Crippen molar-refractivity contribution in [3.63, 3.8) is 0 Å². The molecule has 0 heterocycles. The molecule has 3 aliphatic rings. The summed E-state index contributed by atoms with van der Waals surface area (Å²) in [5.41, 5.74) is 4.75. The Morgan fingerprint density at radius 3 is 2.89 bits per heavy atom. The summed E-state index contributed by atoms with van der Waals surface area (Å²) in [4.78, 5) is 0. The minimum Gasteiger partial charge on any atom is -0.396 e. The maximum atomic E-state index is 14.0. The zero-order chi connectivity index (χ0) is 19.4. The Bertz CT molecular complexity index is 645. The number of alkyl halides is 1. The summed E-state index contributed by atoms with van der Waals surface area (Å²) in [6, 6.07) is 0. The van der Waals surface area contributed by atoms with Crippen LogP contribution in [0.2, 0.25) is 0 Å². The standard InChI is InChI=1S/C24H35FO2/c1-17-19(15-21(27)16-23(17)25)10-9-18-7-6-13-24(2)20(11-12-22(18)24)8-4-3-5-14-26/h9-11,21-23,26-27H,1,3-8,12-16H2,2H3. The van der Waals surface area contributed by atoms with Crippen molar-refractivity contribution in [2.45, 2.75) is 83.4 Å². The molecule has 27 heavy (non-hydrogen) atoms. The van der Waals surface area contributed by atoms with Crippen molar-refractivity contribution in [2.24, 2.45) is 11.3 Å². The predicted octanol–water partition coefficient (Wildman–Crippen LogP) is 5.58. The number of halogens is 1. The number of aliphatic hydroxyl groups is 2. The van der Waals surface area contributed by atoms with Crippen LogP contribution in [0.5, 0.6) is 0 Å². The lowest BCUT2D eigenvalue weighted by molar-refractivity contribution is 0.124. The fraction of sp³-hybridized carbons (Fsp3) is 0.667. The fourth-order valence-corrected chi connectivity index (χ4v) is 5.33. The van der Waals surface area contributed by atoms with Crippen LogP contribution in [-0.2, 0) is 0 Å². The molecule has 0 aromatic rings. The number of allylic oxidation sites excluding steroid dienone is 6. The van der Waals surface area contributed by atoms with Crippen molar-refractivity contribution in [1.29, 1.82) is 0 Å². The van der Waals surface area contributed by atoms with Crippen molar-refractivity contribution in [1.82, 2.24) is 0 Å². The number of unbranched alkanes of at least 4 members (excludes halogenated alkanes) is 2. The molecule has 3 aliphatic carbocycles. The fourth-order valence-electron chi connectivity index (χ4n) is 5.33. The Morgan fingerprint density at radius 2 is 2.11 bits per heavy atom. The normalized spacial score (nSPS) is 37.0. The summed E-state index contributed by atoms with van der Waals surface area (Å²) in [5.74, 6) is 0.555. The first-order valence-corrected chi connectivity index (χ1v) is 10.7. The van der Waals surface area contributed by atoms with E-state index in [9.17, 15) is 9.50 Å². The van der Waals surface area contributed by atoms with Gasteiger partial charge in [0.05, 0.1) is 6.10 Å². The Hall–Kier alpha value is -1.19. The third-order valence-electron chi connectivity index (χ3n) is 7.04. The predicted molar refractivity (Wildman–Crippen MR) is 109 cm³/mol. The first kappa shape index (κ1) is 20.5. The van der Waals surface area contributed by atoms with Gasteiger partial charge in [-0.25, -0.2) is 4.39 Å². The van der Waals surface area contributed by atoms with Gasteiger partial charge in [-0.05, 0) is 73.8 Å². The molecular formula is C24H35FO2. The van der Waals surface area contributed by atoms with Gasteiger partial charge in [-0.3, -0.25) is 0 Å². The molecular weight excluding hydrogens is 339 g/mol. The summed E-state index contributed by atoms with van der Waals surface area (Å²) in [6.45, 7) is 6.62. The first-order valence-electron chi connectivity index (χ1n) is 10.7. The smallest absolute Gasteiger partial charge is 0.127 e. The second-order valence-corrected chi connectivity index (χ2v) is 8.84. The van der Waals surface area contributed by atoms with Gasteiger partial charge in [0.1, 0.15) is 6.17 Å². The largest absolute Gasteiger partial charge is 0.396 e. The Balaban J connectivity index is 1.70. The van der Waals surface area contributed by atoms with Crippen molar-refractivity contribution in [3.8, 4) is 0 Å². The van der Waals surface area contributed by atoms with Crippen LogP contribution in [-0.4, -0.2) is 29.1 Å². The Labute approximate surface area is 163 Å². The number of aliphatic hydroxyl groups excluding tert-OH is 2. The van der Waals surface area contributed by atoms with Crippen LogP contribution < -0.4 is 0 Å². The molecule has 0 bridgehead atoms. The van der Waals surface area contributed by atoms with Crippen LogP contribution in [0, 0.1) is 11.3 Å². The number of hydrogen-bond donors (Lipinski definition) is 2. The van der Waals surface area contributed by atoms with E-state index in [1.54, 1.807) is 5.57 Å². The summed E-state index contributed by atoms with van der Waals surface area (Å²) >= 11 is 0. The van der Waals surface area contributed by atoms with Gasteiger partial charge < -0.3 is 10.2 Å². The van der Waals surface area contributed by atoms with E-state index >= 15 is 0 Å². The molecule has 3 heteroatoms. The molecule has 0 spiro atoms. The van der Waals surface area contributed by atoms with E-state index in [2.05, 4.69) is 25.7 Å². The minimum atomic E-state index is -1.12. The van der Waals surface area contributed by atoms with Gasteiger partial charge in [-0.15, -0.1) is 0 Å². The van der Waals surface area contributed by atoms with E-state index in [-0.39, 0.29) is 11.8 Å². The average Bonchev–Trinajstić information content (AvgIpc) is 2.97. The monoisotopic (exact) mass is 374 g/mol. The van der Waals surface area contributed by atoms with Crippen molar-refractivity contribution >= 4 is 0 Å². The SMILES string of the molecule is C=C1C(=CC=C2CCCC3(C)C(CCCCCO)=CCC23)CC(O)CC1F. The van der Waals surface area contributed by atoms with E-state index in [0.29, 0.717) is 24.5 Å². The quantitative estimate of drug-likeness (QED) is 0.471. The van der Waals surface area contributed by atoms with Gasteiger partial charge in [0, 0.05) is 13.0 Å². The molecule has 2 N–H and O–H groups in total. The molecule has 4 atom stereocenters. The van der Waals surface area contributed by atoms with Crippen molar-refractivity contribution < 1.29 is 14.6 Å². The summed E-state index contributed by atoms with van der Waals surface area (Å²) in [6.07, 6.45) is 14.6. The molecule has 0 aliphatic heterocycles. The summed E-state index contributed by atoms with van der Waals surface area (Å²) < 4.78 is 14.0. The lowest BCUT2D eigenvalue weighted by Gasteiger charge is -2.41. The van der Waals surface area contributed by atoms with Crippen LogP contribution in [0.1, 0.15) is 71.1 Å². The summed E-state index contributed by atoms with van der Waals surface area (Å²) in [7, 11) is 0. The lowest BCUT2D eigenvalue weighted by Crippen LogP contribution is -2.30. The summed E-state index contributed by atoms with van der Waals surface area (Å²) in [5, 5.41) is 18.9. The molecule has 3 rings (SSSR count). The lowest BCUT2D eigenvalue weighted by atomic mass is 9.63. The van der Waals surface area contributed by atoms with Gasteiger partial charge in [-0.2, -0.15) is 0 Å². The third-order valence-corrected chi connectivity index (χ3v) is 7.04. The zero-order valence-corrected chi connectivity index (χ0v) is 16.7. The number of rotatable bonds is 6. The van der Waals surface area contributed by atoms with Crippen LogP contribution in [0.3, 0.4) is 0 Å². The zero-order valence-electron chi connectivity index (χ0n) is 16.7. The van der Waals surface area contributed by atoms with E-state index in [1.807, 2.05) is 6.08 Å². The van der Waals surface area contributed by atoms with Gasteiger partial charge in [0.15, 0.2) is 0 Å². The van der Waals surface area contributed by atoms with E-state index in [0.717, 1.165) is 44.1 Å².